The number of H-pyrrole nitrogens is 1. The van der Waals surface area contributed by atoms with E-state index in [0.29, 0.717) is 6.54 Å². The van der Waals surface area contributed by atoms with Crippen molar-refractivity contribution in [2.24, 2.45) is 0 Å². The summed E-state index contributed by atoms with van der Waals surface area (Å²) >= 11 is 1.14. The number of aromatic amines is 1. The van der Waals surface area contributed by atoms with Gasteiger partial charge in [-0.15, -0.1) is 11.3 Å². The molecule has 2 heterocycles. The minimum absolute atomic E-state index is 0.0752. The van der Waals surface area contributed by atoms with Crippen molar-refractivity contribution in [3.8, 4) is 0 Å². The van der Waals surface area contributed by atoms with E-state index in [1.165, 1.54) is 12.1 Å². The molecular weight excluding hydrogens is 300 g/mol. The van der Waals surface area contributed by atoms with Crippen molar-refractivity contribution in [1.82, 2.24) is 15.5 Å². The zero-order chi connectivity index (χ0) is 14.6. The van der Waals surface area contributed by atoms with Crippen LogP contribution < -0.4 is 15.6 Å². The number of thiophene rings is 1. The summed E-state index contributed by atoms with van der Waals surface area (Å²) in [5, 5.41) is 10.7. The molecule has 0 spiro atoms. The van der Waals surface area contributed by atoms with Gasteiger partial charge in [-0.1, -0.05) is 6.92 Å². The van der Waals surface area contributed by atoms with Gasteiger partial charge in [0.15, 0.2) is 5.82 Å². The first-order valence-corrected chi connectivity index (χ1v) is 8.24. The molecule has 0 radical (unpaired) electrons. The third-order valence-electron chi connectivity index (χ3n) is 2.39. The highest BCUT2D eigenvalue weighted by Gasteiger charge is 2.17. The summed E-state index contributed by atoms with van der Waals surface area (Å²) < 4.78 is 26.8. The van der Waals surface area contributed by atoms with Crippen LogP contribution in [0.3, 0.4) is 0 Å². The molecule has 9 heteroatoms. The zero-order valence-corrected chi connectivity index (χ0v) is 12.3. The molecule has 0 aliphatic rings. The smallest absolute Gasteiger partial charge is 0.272 e. The number of anilines is 1. The minimum Gasteiger partial charge on any atom is -0.313 e. The van der Waals surface area contributed by atoms with Gasteiger partial charge in [0.05, 0.1) is 0 Å². The fraction of sp³-hybridized carbons (Fsp3) is 0.273. The zero-order valence-electron chi connectivity index (χ0n) is 10.7. The van der Waals surface area contributed by atoms with Crippen LogP contribution in [0.2, 0.25) is 0 Å². The molecule has 0 amide bonds. The molecule has 3 N–H and O–H groups in total. The lowest BCUT2D eigenvalue weighted by molar-refractivity contribution is 0.602. The van der Waals surface area contributed by atoms with Crippen molar-refractivity contribution in [1.29, 1.82) is 0 Å². The molecule has 0 aliphatic heterocycles. The van der Waals surface area contributed by atoms with Crippen molar-refractivity contribution in [3.63, 3.8) is 0 Å². The average Bonchev–Trinajstić information content (AvgIpc) is 2.88. The van der Waals surface area contributed by atoms with Crippen LogP contribution >= 0.6 is 11.3 Å². The summed E-state index contributed by atoms with van der Waals surface area (Å²) in [5.74, 6) is 0.0752. The Kier molecular flexibility index (Phi) is 4.53. The number of nitrogens with one attached hydrogen (secondary N) is 3. The molecule has 0 fully saturated rings. The van der Waals surface area contributed by atoms with Crippen LogP contribution in [0.1, 0.15) is 12.5 Å². The lowest BCUT2D eigenvalue weighted by Gasteiger charge is -2.03. The molecule has 0 aliphatic carbocycles. The van der Waals surface area contributed by atoms with Gasteiger partial charge in [0, 0.05) is 12.6 Å². The molecule has 0 saturated carbocycles. The van der Waals surface area contributed by atoms with Gasteiger partial charge in [0.25, 0.3) is 15.6 Å². The molecule has 0 aromatic carbocycles. The van der Waals surface area contributed by atoms with Crippen molar-refractivity contribution >= 4 is 27.2 Å². The highest BCUT2D eigenvalue weighted by Crippen LogP contribution is 2.22. The Morgan fingerprint density at radius 1 is 1.40 bits per heavy atom. The Bertz CT molecular complexity index is 716. The highest BCUT2D eigenvalue weighted by molar-refractivity contribution is 7.94. The molecular formula is C11H14N4O3S2. The van der Waals surface area contributed by atoms with E-state index in [2.05, 4.69) is 20.2 Å². The van der Waals surface area contributed by atoms with Crippen LogP contribution in [0.4, 0.5) is 5.82 Å². The van der Waals surface area contributed by atoms with Crippen molar-refractivity contribution < 1.29 is 8.42 Å². The van der Waals surface area contributed by atoms with Crippen LogP contribution in [-0.2, 0) is 16.6 Å². The molecule has 7 nitrogen and oxygen atoms in total. The summed E-state index contributed by atoms with van der Waals surface area (Å²) in [7, 11) is -3.67. The quantitative estimate of drug-likeness (QED) is 0.729. The number of nitrogens with zero attached hydrogens (tertiary/aromatic N) is 1. The predicted molar refractivity (Wildman–Crippen MR) is 77.4 cm³/mol. The molecule has 0 saturated heterocycles. The standard InChI is InChI=1S/C11H14N4O3S2/c1-2-12-6-8-5-11(19-7-8)20(17,18)15-9-3-4-10(16)14-13-9/h3-5,7,12H,2,6H2,1H3,(H,13,15)(H,14,16). The Labute approximate surface area is 120 Å². The SMILES string of the molecule is CCNCc1csc(S(=O)(=O)Nc2ccc(=O)[nH]n2)c1. The Balaban J connectivity index is 2.15. The van der Waals surface area contributed by atoms with Gasteiger partial charge in [-0.2, -0.15) is 5.10 Å². The van der Waals surface area contributed by atoms with Crippen LogP contribution in [0.5, 0.6) is 0 Å². The second-order valence-electron chi connectivity index (χ2n) is 3.97. The number of hydrogen-bond acceptors (Lipinski definition) is 6. The highest BCUT2D eigenvalue weighted by atomic mass is 32.2. The van der Waals surface area contributed by atoms with E-state index in [0.717, 1.165) is 23.4 Å². The van der Waals surface area contributed by atoms with Crippen molar-refractivity contribution in [2.45, 2.75) is 17.7 Å². The van der Waals surface area contributed by atoms with E-state index >= 15 is 0 Å². The fourth-order valence-electron chi connectivity index (χ4n) is 1.45. The minimum atomic E-state index is -3.67. The number of sulfonamides is 1. The van der Waals surface area contributed by atoms with Gasteiger partial charge < -0.3 is 5.32 Å². The topological polar surface area (TPSA) is 104 Å². The first kappa shape index (κ1) is 14.7. The summed E-state index contributed by atoms with van der Waals surface area (Å²) in [6.07, 6.45) is 0. The molecule has 108 valence electrons. The van der Waals surface area contributed by atoms with E-state index in [-0.39, 0.29) is 10.0 Å². The molecule has 20 heavy (non-hydrogen) atoms. The normalized spacial score (nSPS) is 11.4. The third kappa shape index (κ3) is 3.65. The number of aromatic nitrogens is 2. The largest absolute Gasteiger partial charge is 0.313 e. The summed E-state index contributed by atoms with van der Waals surface area (Å²) in [5.41, 5.74) is 0.517. The first-order valence-electron chi connectivity index (χ1n) is 5.88. The maximum atomic E-state index is 12.1. The summed E-state index contributed by atoms with van der Waals surface area (Å²) in [4.78, 5) is 10.9. The fourth-order valence-corrected chi connectivity index (χ4v) is 3.66. The molecule has 2 rings (SSSR count). The molecule has 0 bridgehead atoms. The van der Waals surface area contributed by atoms with Crippen molar-refractivity contribution in [3.05, 3.63) is 39.5 Å². The Morgan fingerprint density at radius 2 is 2.20 bits per heavy atom. The summed E-state index contributed by atoms with van der Waals surface area (Å²) in [6, 6.07) is 4.13. The first-order chi connectivity index (χ1) is 9.51. The van der Waals surface area contributed by atoms with E-state index in [4.69, 9.17) is 0 Å². The molecule has 2 aromatic heterocycles. The van der Waals surface area contributed by atoms with Gasteiger partial charge in [0.1, 0.15) is 4.21 Å². The van der Waals surface area contributed by atoms with Crippen LogP contribution in [0.15, 0.2) is 32.6 Å². The number of hydrogen-bond donors (Lipinski definition) is 3. The molecule has 0 unspecified atom stereocenters. The van der Waals surface area contributed by atoms with Gasteiger partial charge in [-0.3, -0.25) is 9.52 Å². The molecule has 0 atom stereocenters. The second-order valence-corrected chi connectivity index (χ2v) is 6.79. The molecule has 2 aromatic rings. The lowest BCUT2D eigenvalue weighted by Crippen LogP contribution is -2.15. The summed E-state index contributed by atoms with van der Waals surface area (Å²) in [6.45, 7) is 3.42. The number of rotatable bonds is 6. The Morgan fingerprint density at radius 3 is 2.85 bits per heavy atom. The van der Waals surface area contributed by atoms with E-state index in [1.807, 2.05) is 6.92 Å². The van der Waals surface area contributed by atoms with E-state index in [9.17, 15) is 13.2 Å². The van der Waals surface area contributed by atoms with Crippen LogP contribution in [0, 0.1) is 0 Å². The average molecular weight is 314 g/mol. The van der Waals surface area contributed by atoms with Crippen molar-refractivity contribution in [2.75, 3.05) is 11.3 Å². The van der Waals surface area contributed by atoms with E-state index < -0.39 is 15.6 Å². The van der Waals surface area contributed by atoms with Crippen LogP contribution in [-0.4, -0.2) is 25.2 Å². The van der Waals surface area contributed by atoms with Gasteiger partial charge in [-0.05, 0) is 29.6 Å². The second kappa shape index (κ2) is 6.16. The van der Waals surface area contributed by atoms with Gasteiger partial charge >= 0.3 is 0 Å². The van der Waals surface area contributed by atoms with Gasteiger partial charge in [-0.25, -0.2) is 13.5 Å². The maximum Gasteiger partial charge on any atom is 0.272 e. The third-order valence-corrected chi connectivity index (χ3v) is 5.23. The van der Waals surface area contributed by atoms with Gasteiger partial charge in [0.2, 0.25) is 0 Å². The van der Waals surface area contributed by atoms with Crippen LogP contribution in [0.25, 0.3) is 0 Å². The van der Waals surface area contributed by atoms with E-state index in [1.54, 1.807) is 11.4 Å². The maximum absolute atomic E-state index is 12.1. The Hall–Kier alpha value is -1.71. The monoisotopic (exact) mass is 314 g/mol. The lowest BCUT2D eigenvalue weighted by atomic mass is 10.3. The predicted octanol–water partition coefficient (Wildman–Crippen LogP) is 0.742.